The van der Waals surface area contributed by atoms with Gasteiger partial charge in [-0.3, -0.25) is 33.7 Å². The van der Waals surface area contributed by atoms with E-state index in [4.69, 9.17) is 21.2 Å². The third-order valence-electron chi connectivity index (χ3n) is 13.6. The summed E-state index contributed by atoms with van der Waals surface area (Å²) >= 11 is 0. The Morgan fingerprint density at radius 1 is 0.985 bits per heavy atom. The predicted octanol–water partition coefficient (Wildman–Crippen LogP) is 0.392. The number of carboxylic acid groups (broad SMARTS) is 1. The molecule has 19 nitrogen and oxygen atoms in total. The van der Waals surface area contributed by atoms with Gasteiger partial charge in [0.2, 0.25) is 23.6 Å². The Labute approximate surface area is 385 Å². The number of hydrogen-bond acceptors (Lipinski definition) is 13. The fourth-order valence-electron chi connectivity index (χ4n) is 9.97. The van der Waals surface area contributed by atoms with Gasteiger partial charge in [0.15, 0.2) is 0 Å². The number of pyridine rings is 2. The number of carbonyl (C=O) groups excluding carboxylic acids is 5. The number of carbonyl (C=O) groups is 6. The molecule has 3 aliphatic rings. The number of aryl methyl sites for hydroxylation is 1. The number of para-hydroxylation sites is 1. The second-order valence-electron chi connectivity index (χ2n) is 18.3. The predicted molar refractivity (Wildman–Crippen MR) is 247 cm³/mol. The van der Waals surface area contributed by atoms with Gasteiger partial charge in [0.25, 0.3) is 5.56 Å². The van der Waals surface area contributed by atoms with Crippen LogP contribution in [0.3, 0.4) is 0 Å². The number of nitrogens with one attached hydrogen (secondary N) is 2. The van der Waals surface area contributed by atoms with E-state index in [1.807, 2.05) is 38.4 Å². The van der Waals surface area contributed by atoms with Gasteiger partial charge in [-0.25, -0.2) is 9.78 Å². The van der Waals surface area contributed by atoms with E-state index in [-0.39, 0.29) is 50.2 Å². The number of esters is 1. The fourth-order valence-corrected chi connectivity index (χ4v) is 9.97. The summed E-state index contributed by atoms with van der Waals surface area (Å²) < 4.78 is 7.55. The van der Waals surface area contributed by atoms with Crippen LogP contribution in [0.2, 0.25) is 0 Å². The third kappa shape index (κ3) is 9.70. The minimum absolute atomic E-state index is 0.00844. The molecule has 0 aliphatic carbocycles. The van der Waals surface area contributed by atoms with Gasteiger partial charge in [0, 0.05) is 56.8 Å². The van der Waals surface area contributed by atoms with E-state index < -0.39 is 77.5 Å². The molecule has 0 radical (unpaired) electrons. The number of nitrogens with zero attached hydrogens (tertiary/aromatic N) is 6. The van der Waals surface area contributed by atoms with Crippen LogP contribution in [0.4, 0.5) is 0 Å². The molecule has 0 saturated carbocycles. The molecule has 1 fully saturated rings. The first-order valence-corrected chi connectivity index (χ1v) is 22.9. The van der Waals surface area contributed by atoms with E-state index in [0.29, 0.717) is 56.0 Å². The summed E-state index contributed by atoms with van der Waals surface area (Å²) in [5.74, 6) is -5.59. The van der Waals surface area contributed by atoms with Crippen molar-refractivity contribution < 1.29 is 38.6 Å². The van der Waals surface area contributed by atoms with Gasteiger partial charge in [0.05, 0.1) is 35.4 Å². The molecule has 66 heavy (non-hydrogen) atoms. The highest BCUT2D eigenvalue weighted by molar-refractivity contribution is 6.00. The molecular formula is C47H66N10O9. The fraction of sp³-hybridized carbons (Fsp3) is 0.574. The Morgan fingerprint density at radius 2 is 1.67 bits per heavy atom. The second kappa shape index (κ2) is 20.8. The number of primary amides is 1. The third-order valence-corrected chi connectivity index (χ3v) is 13.6. The topological polar surface area (TPSA) is 256 Å². The van der Waals surface area contributed by atoms with Crippen molar-refractivity contribution in [2.75, 3.05) is 67.0 Å². The zero-order valence-electron chi connectivity index (χ0n) is 39.2. The molecule has 6 rings (SSSR count). The van der Waals surface area contributed by atoms with Crippen molar-refractivity contribution >= 4 is 46.5 Å². The van der Waals surface area contributed by atoms with Gasteiger partial charge in [-0.05, 0) is 76.0 Å². The first-order chi connectivity index (χ1) is 31.4. The van der Waals surface area contributed by atoms with Gasteiger partial charge >= 0.3 is 11.9 Å². The number of likely N-dealkylation sites (N-methyl/N-ethyl adjacent to an activating group) is 3. The molecule has 0 bridgehead atoms. The molecule has 3 aliphatic heterocycles. The Balaban J connectivity index is 1.43. The van der Waals surface area contributed by atoms with Crippen LogP contribution in [0.15, 0.2) is 35.1 Å². The summed E-state index contributed by atoms with van der Waals surface area (Å²) in [5.41, 5.74) is 13.7. The van der Waals surface area contributed by atoms with Crippen molar-refractivity contribution in [1.82, 2.24) is 39.8 Å². The lowest BCUT2D eigenvalue weighted by Crippen LogP contribution is -2.65. The van der Waals surface area contributed by atoms with Crippen molar-refractivity contribution in [3.63, 3.8) is 0 Å². The molecule has 4 amide bonds. The largest absolute Gasteiger partial charge is 0.480 e. The molecule has 1 unspecified atom stereocenters. The monoisotopic (exact) mass is 915 g/mol. The number of likely N-dealkylation sites (tertiary alicyclic amines) is 1. The maximum Gasteiger partial charge on any atom is 0.326 e. The van der Waals surface area contributed by atoms with E-state index >= 15 is 4.79 Å². The minimum atomic E-state index is -1.81. The SMILES string of the molecule is CCc1c2c(nc3ccccc13)-c1cc3c(c(=O)n1C2)COC(=O)[C@]3(CC)C(C(=O)N[C@@H](CC(N)=O)C(=O)N1CCC[C@H]1C(=O)N[C@H](C(=O)O)C(C)C)N(C)CCN(C)CCN(C)CCN. The summed E-state index contributed by atoms with van der Waals surface area (Å²) in [6.07, 6.45) is 0.657. The lowest BCUT2D eigenvalue weighted by Gasteiger charge is -2.45. The summed E-state index contributed by atoms with van der Waals surface area (Å²) in [5, 5.41) is 16.1. The smallest absolute Gasteiger partial charge is 0.326 e. The zero-order chi connectivity index (χ0) is 48.2. The number of carboxylic acids is 1. The first kappa shape index (κ1) is 49.7. The van der Waals surface area contributed by atoms with E-state index in [1.165, 1.54) is 4.90 Å². The number of benzene rings is 1. The Morgan fingerprint density at radius 3 is 2.30 bits per heavy atom. The van der Waals surface area contributed by atoms with E-state index in [0.717, 1.165) is 28.6 Å². The summed E-state index contributed by atoms with van der Waals surface area (Å²) in [4.78, 5) is 110. The molecule has 0 spiro atoms. The summed E-state index contributed by atoms with van der Waals surface area (Å²) in [7, 11) is 5.60. The summed E-state index contributed by atoms with van der Waals surface area (Å²) in [6, 6.07) is 4.30. The number of hydrogen-bond donors (Lipinski definition) is 5. The Kier molecular flexibility index (Phi) is 15.7. The summed E-state index contributed by atoms with van der Waals surface area (Å²) in [6.45, 7) is 10.4. The average molecular weight is 915 g/mol. The Hall–Kier alpha value is -5.76. The number of fused-ring (bicyclic) bond motifs is 5. The van der Waals surface area contributed by atoms with Crippen LogP contribution >= 0.6 is 0 Å². The lowest BCUT2D eigenvalue weighted by molar-refractivity contribution is -0.161. The highest BCUT2D eigenvalue weighted by atomic mass is 16.5. The van der Waals surface area contributed by atoms with E-state index in [1.54, 1.807) is 43.4 Å². The van der Waals surface area contributed by atoms with Gasteiger partial charge in [-0.1, -0.05) is 45.9 Å². The first-order valence-electron chi connectivity index (χ1n) is 22.9. The highest BCUT2D eigenvalue weighted by Crippen LogP contribution is 2.44. The van der Waals surface area contributed by atoms with Crippen LogP contribution in [0.1, 0.15) is 75.6 Å². The van der Waals surface area contributed by atoms with E-state index in [2.05, 4.69) is 27.4 Å². The molecule has 1 saturated heterocycles. The van der Waals surface area contributed by atoms with Crippen LogP contribution in [-0.2, 0) is 58.5 Å². The van der Waals surface area contributed by atoms with Crippen molar-refractivity contribution in [2.24, 2.45) is 17.4 Å². The van der Waals surface area contributed by atoms with Crippen LogP contribution in [0, 0.1) is 5.92 Å². The number of nitrogens with two attached hydrogens (primary N) is 2. The highest BCUT2D eigenvalue weighted by Gasteiger charge is 2.57. The van der Waals surface area contributed by atoms with Crippen LogP contribution in [0.25, 0.3) is 22.3 Å². The quantitative estimate of drug-likeness (QED) is 0.0710. The maximum absolute atomic E-state index is 15.3. The zero-order valence-corrected chi connectivity index (χ0v) is 39.2. The van der Waals surface area contributed by atoms with Crippen molar-refractivity contribution in [1.29, 1.82) is 0 Å². The molecule has 358 valence electrons. The van der Waals surface area contributed by atoms with E-state index in [9.17, 15) is 33.9 Å². The van der Waals surface area contributed by atoms with Crippen molar-refractivity contribution in [3.05, 3.63) is 62.9 Å². The molecule has 5 atom stereocenters. The average Bonchev–Trinajstić information content (AvgIpc) is 3.92. The number of ether oxygens (including phenoxy) is 1. The van der Waals surface area contributed by atoms with Crippen molar-refractivity contribution in [3.8, 4) is 11.4 Å². The lowest BCUT2D eigenvalue weighted by atomic mass is 9.68. The maximum atomic E-state index is 15.3. The molecule has 5 heterocycles. The number of aliphatic carboxylic acids is 1. The molecule has 1 aromatic carbocycles. The molecule has 7 N–H and O–H groups in total. The van der Waals surface area contributed by atoms with Gasteiger partial charge in [-0.2, -0.15) is 0 Å². The standard InChI is InChI=1S/C47H66N10O9/c1-8-28-29-13-10-11-14-33(29)50-39-30(28)25-57-36(39)23-32-31(43(57)61)26-66-46(65)47(32,9-2)40(55(7)22-21-54(6)20-19-53(5)18-16-48)42(60)51-34(24-37(49)58)44(62)56-17-12-15-35(56)41(59)52-38(27(3)4)45(63)64/h10-11,13-14,23,27,34-35,38,40H,8-9,12,15-22,24-26,48H2,1-7H3,(H2,49,58)(H,51,60)(H,52,59)(H,63,64)/t34-,35-,38-,40?,47-/m0/s1. The van der Waals surface area contributed by atoms with Crippen molar-refractivity contribution in [2.45, 2.75) is 103 Å². The number of rotatable bonds is 21. The van der Waals surface area contributed by atoms with Crippen LogP contribution in [-0.4, -0.2) is 161 Å². The molecule has 3 aromatic rings. The van der Waals surface area contributed by atoms with Crippen LogP contribution < -0.4 is 27.7 Å². The Bertz CT molecular complexity index is 2420. The normalized spacial score (nSPS) is 19.1. The van der Waals surface area contributed by atoms with Gasteiger partial charge in [0.1, 0.15) is 36.2 Å². The number of cyclic esters (lactones) is 1. The van der Waals surface area contributed by atoms with Gasteiger partial charge < -0.3 is 51.2 Å². The molecule has 2 aromatic heterocycles. The second-order valence-corrected chi connectivity index (χ2v) is 18.3. The minimum Gasteiger partial charge on any atom is -0.480 e. The number of amides is 4. The van der Waals surface area contributed by atoms with Gasteiger partial charge in [-0.15, -0.1) is 0 Å². The van der Waals surface area contributed by atoms with Crippen LogP contribution in [0.5, 0.6) is 0 Å². The molecule has 19 heteroatoms. The molecular weight excluding hydrogens is 849 g/mol. The number of aromatic nitrogens is 2.